The molecule has 1 saturated carbocycles. The monoisotopic (exact) mass is 284 g/mol. The average molecular weight is 284 g/mol. The first-order valence-corrected chi connectivity index (χ1v) is 6.95. The second kappa shape index (κ2) is 4.34. The van der Waals surface area contributed by atoms with Crippen molar-refractivity contribution in [3.8, 4) is 5.75 Å². The van der Waals surface area contributed by atoms with E-state index in [9.17, 15) is 18.0 Å². The van der Waals surface area contributed by atoms with E-state index in [2.05, 4.69) is 0 Å². The summed E-state index contributed by atoms with van der Waals surface area (Å²) in [7, 11) is -2.66. The fourth-order valence-electron chi connectivity index (χ4n) is 2.02. The number of carboxylic acids is 1. The Bertz CT molecular complexity index is 621. The lowest BCUT2D eigenvalue weighted by atomic mass is 9.83. The van der Waals surface area contributed by atoms with Gasteiger partial charge in [-0.25, -0.2) is 8.42 Å². The molecule has 0 saturated heterocycles. The summed E-state index contributed by atoms with van der Waals surface area (Å²) in [5, 5.41) is 9.14. The number of hydrogen-bond donors (Lipinski definition) is 1. The molecule has 0 unspecified atom stereocenters. The number of ketones is 1. The number of aliphatic carboxylic acids is 1. The largest absolute Gasteiger partial charge is 0.497 e. The lowest BCUT2D eigenvalue weighted by Gasteiger charge is -2.35. The highest BCUT2D eigenvalue weighted by Crippen LogP contribution is 2.41. The Labute approximate surface area is 109 Å². The number of benzene rings is 1. The maximum Gasteiger partial charge on any atom is 0.326 e. The van der Waals surface area contributed by atoms with E-state index in [4.69, 9.17) is 9.84 Å². The van der Waals surface area contributed by atoms with Gasteiger partial charge in [0, 0.05) is 12.8 Å². The quantitative estimate of drug-likeness (QED) is 0.872. The maximum atomic E-state index is 12.3. The van der Waals surface area contributed by atoms with Crippen LogP contribution in [0.4, 0.5) is 0 Å². The van der Waals surface area contributed by atoms with Gasteiger partial charge in [-0.2, -0.15) is 0 Å². The molecule has 0 atom stereocenters. The second-order valence-electron chi connectivity index (χ2n) is 4.37. The van der Waals surface area contributed by atoms with Crippen molar-refractivity contribution < 1.29 is 27.9 Å². The zero-order valence-corrected chi connectivity index (χ0v) is 10.9. The van der Waals surface area contributed by atoms with Gasteiger partial charge >= 0.3 is 5.97 Å². The minimum atomic E-state index is -4.10. The number of rotatable bonds is 4. The summed E-state index contributed by atoms with van der Waals surface area (Å²) in [4.78, 5) is 22.2. The molecule has 1 aliphatic carbocycles. The minimum Gasteiger partial charge on any atom is -0.497 e. The van der Waals surface area contributed by atoms with Crippen molar-refractivity contribution in [1.29, 1.82) is 0 Å². The van der Waals surface area contributed by atoms with Crippen LogP contribution in [0.3, 0.4) is 0 Å². The molecule has 0 aliphatic heterocycles. The van der Waals surface area contributed by atoms with Crippen molar-refractivity contribution in [2.75, 3.05) is 7.11 Å². The van der Waals surface area contributed by atoms with E-state index in [-0.39, 0.29) is 10.7 Å². The van der Waals surface area contributed by atoms with Gasteiger partial charge in [-0.3, -0.25) is 9.59 Å². The van der Waals surface area contributed by atoms with Crippen molar-refractivity contribution in [3.05, 3.63) is 24.3 Å². The van der Waals surface area contributed by atoms with Crippen LogP contribution in [0, 0.1) is 0 Å². The summed E-state index contributed by atoms with van der Waals surface area (Å²) in [6, 6.07) is 5.43. The van der Waals surface area contributed by atoms with Crippen molar-refractivity contribution in [1.82, 2.24) is 0 Å². The van der Waals surface area contributed by atoms with E-state index in [0.717, 1.165) is 0 Å². The van der Waals surface area contributed by atoms with E-state index in [1.807, 2.05) is 0 Å². The number of carbonyl (C=O) groups excluding carboxylic acids is 1. The van der Waals surface area contributed by atoms with Crippen LogP contribution in [0.1, 0.15) is 12.8 Å². The third kappa shape index (κ3) is 1.90. The Morgan fingerprint density at radius 3 is 2.16 bits per heavy atom. The highest BCUT2D eigenvalue weighted by molar-refractivity contribution is 7.93. The number of Topliss-reactive ketones (excluding diaryl/α,β-unsaturated/α-hetero) is 1. The molecule has 1 aliphatic rings. The van der Waals surface area contributed by atoms with Gasteiger partial charge in [0.05, 0.1) is 12.0 Å². The van der Waals surface area contributed by atoms with Crippen LogP contribution in [0.2, 0.25) is 0 Å². The molecule has 2 rings (SSSR count). The van der Waals surface area contributed by atoms with E-state index in [1.54, 1.807) is 0 Å². The van der Waals surface area contributed by atoms with Gasteiger partial charge in [0.1, 0.15) is 11.5 Å². The number of carbonyl (C=O) groups is 2. The molecule has 102 valence electrons. The first-order valence-electron chi connectivity index (χ1n) is 5.47. The van der Waals surface area contributed by atoms with Gasteiger partial charge in [0.25, 0.3) is 0 Å². The van der Waals surface area contributed by atoms with Crippen LogP contribution in [0.15, 0.2) is 29.2 Å². The van der Waals surface area contributed by atoms with Gasteiger partial charge in [0.2, 0.25) is 0 Å². The summed E-state index contributed by atoms with van der Waals surface area (Å²) in [5.41, 5.74) is 0. The molecule has 1 fully saturated rings. The molecule has 7 heteroatoms. The molecular formula is C12H12O6S. The van der Waals surface area contributed by atoms with Crippen LogP contribution in [0.25, 0.3) is 0 Å². The van der Waals surface area contributed by atoms with E-state index in [0.29, 0.717) is 5.75 Å². The lowest BCUT2D eigenvalue weighted by Crippen LogP contribution is -2.56. The molecule has 0 aromatic heterocycles. The van der Waals surface area contributed by atoms with Gasteiger partial charge in [-0.1, -0.05) is 0 Å². The Balaban J connectivity index is 2.46. The zero-order chi connectivity index (χ0) is 14.3. The Kier molecular flexibility index (Phi) is 3.09. The predicted molar refractivity (Wildman–Crippen MR) is 64.8 cm³/mol. The molecular weight excluding hydrogens is 272 g/mol. The average Bonchev–Trinajstić information content (AvgIpc) is 2.34. The van der Waals surface area contributed by atoms with Gasteiger partial charge in [-0.05, 0) is 24.3 Å². The molecule has 0 radical (unpaired) electrons. The summed E-state index contributed by atoms with van der Waals surface area (Å²) in [6.07, 6.45) is -0.951. The number of hydrogen-bond acceptors (Lipinski definition) is 5. The van der Waals surface area contributed by atoms with E-state index >= 15 is 0 Å². The Morgan fingerprint density at radius 2 is 1.79 bits per heavy atom. The van der Waals surface area contributed by atoms with Gasteiger partial charge in [0.15, 0.2) is 14.6 Å². The second-order valence-corrected chi connectivity index (χ2v) is 6.63. The van der Waals surface area contributed by atoms with Crippen molar-refractivity contribution in [2.24, 2.45) is 0 Å². The minimum absolute atomic E-state index is 0.122. The number of sulfone groups is 1. The highest BCUT2D eigenvalue weighted by atomic mass is 32.2. The third-order valence-electron chi connectivity index (χ3n) is 3.24. The number of methoxy groups -OCH3 is 1. The van der Waals surface area contributed by atoms with Gasteiger partial charge < -0.3 is 9.84 Å². The van der Waals surface area contributed by atoms with Crippen LogP contribution >= 0.6 is 0 Å². The predicted octanol–water partition coefficient (Wildman–Crippen LogP) is 0.655. The summed E-state index contributed by atoms with van der Waals surface area (Å²) in [6.45, 7) is 0. The maximum absolute atomic E-state index is 12.3. The van der Waals surface area contributed by atoms with Crippen molar-refractivity contribution in [3.63, 3.8) is 0 Å². The SMILES string of the molecule is COc1ccc(S(=O)(=O)C2(C(=O)O)CC(=O)C2)cc1. The summed E-state index contributed by atoms with van der Waals surface area (Å²) >= 11 is 0. The Hall–Kier alpha value is -1.89. The fraction of sp³-hybridized carbons (Fsp3) is 0.333. The Morgan fingerprint density at radius 1 is 1.26 bits per heavy atom. The highest BCUT2D eigenvalue weighted by Gasteiger charge is 2.60. The smallest absolute Gasteiger partial charge is 0.326 e. The molecule has 1 N–H and O–H groups in total. The molecule has 19 heavy (non-hydrogen) atoms. The molecule has 0 bridgehead atoms. The van der Waals surface area contributed by atoms with E-state index in [1.165, 1.54) is 31.4 Å². The van der Waals surface area contributed by atoms with Crippen LogP contribution in [-0.4, -0.2) is 37.1 Å². The summed E-state index contributed by atoms with van der Waals surface area (Å²) in [5.74, 6) is -1.38. The standard InChI is InChI=1S/C12H12O6S/c1-18-9-2-4-10(5-3-9)19(16,17)12(11(14)15)6-8(13)7-12/h2-5H,6-7H2,1H3,(H,14,15). The molecule has 0 spiro atoms. The molecule has 0 amide bonds. The normalized spacial score (nSPS) is 17.6. The first-order chi connectivity index (χ1) is 8.83. The number of carboxylic acid groups (broad SMARTS) is 1. The lowest BCUT2D eigenvalue weighted by molar-refractivity contribution is -0.147. The van der Waals surface area contributed by atoms with Crippen LogP contribution < -0.4 is 4.74 Å². The first kappa shape index (κ1) is 13.5. The van der Waals surface area contributed by atoms with Gasteiger partial charge in [-0.15, -0.1) is 0 Å². The summed E-state index contributed by atoms with van der Waals surface area (Å²) < 4.78 is 27.6. The molecule has 6 nitrogen and oxygen atoms in total. The van der Waals surface area contributed by atoms with Crippen LogP contribution in [-0.2, 0) is 19.4 Å². The third-order valence-corrected chi connectivity index (χ3v) is 5.62. The molecule has 1 aromatic carbocycles. The van der Waals surface area contributed by atoms with E-state index < -0.39 is 33.4 Å². The topological polar surface area (TPSA) is 97.7 Å². The van der Waals surface area contributed by atoms with Crippen molar-refractivity contribution >= 4 is 21.6 Å². The van der Waals surface area contributed by atoms with Crippen LogP contribution in [0.5, 0.6) is 5.75 Å². The molecule has 0 heterocycles. The number of ether oxygens (including phenoxy) is 1. The van der Waals surface area contributed by atoms with Crippen molar-refractivity contribution in [2.45, 2.75) is 22.5 Å². The zero-order valence-electron chi connectivity index (χ0n) is 10.1. The fourth-order valence-corrected chi connectivity index (χ4v) is 3.90. The molecule has 1 aromatic rings.